The van der Waals surface area contributed by atoms with Gasteiger partial charge in [0.15, 0.2) is 11.5 Å². The van der Waals surface area contributed by atoms with Crippen molar-refractivity contribution in [2.45, 2.75) is 39.7 Å². The number of nitrogens with zero attached hydrogens (tertiary/aromatic N) is 6. The van der Waals surface area contributed by atoms with Gasteiger partial charge in [-0.2, -0.15) is 0 Å². The molecule has 0 saturated heterocycles. The van der Waals surface area contributed by atoms with Crippen LogP contribution in [0.15, 0.2) is 59.2 Å². The molecule has 0 aliphatic heterocycles. The van der Waals surface area contributed by atoms with E-state index in [1.165, 1.54) is 5.56 Å². The lowest BCUT2D eigenvalue weighted by molar-refractivity contribution is 0.686. The van der Waals surface area contributed by atoms with E-state index in [0.717, 1.165) is 69.5 Å². The summed E-state index contributed by atoms with van der Waals surface area (Å²) in [6, 6.07) is 16.8. The number of unbranched alkanes of at least 4 members (excludes halogenated alkanes) is 1. The van der Waals surface area contributed by atoms with Crippen LogP contribution in [0.25, 0.3) is 33.7 Å². The molecule has 0 saturated carbocycles. The fourth-order valence-corrected chi connectivity index (χ4v) is 4.37. The topological polar surface area (TPSA) is 85.2 Å². The van der Waals surface area contributed by atoms with Crippen molar-refractivity contribution < 1.29 is 0 Å². The minimum atomic E-state index is 0.660. The first kappa shape index (κ1) is 21.5. The summed E-state index contributed by atoms with van der Waals surface area (Å²) in [5.74, 6) is 1.75. The Bertz CT molecular complexity index is 1390. The second-order valence-corrected chi connectivity index (χ2v) is 8.97. The quantitative estimate of drug-likeness (QED) is 0.307. The molecule has 166 valence electrons. The predicted molar refractivity (Wildman–Crippen MR) is 133 cm³/mol. The fourth-order valence-electron chi connectivity index (χ4n) is 4.08. The van der Waals surface area contributed by atoms with Crippen LogP contribution in [0.5, 0.6) is 0 Å². The Morgan fingerprint density at radius 3 is 2.55 bits per heavy atom. The minimum Gasteiger partial charge on any atom is -0.308 e. The van der Waals surface area contributed by atoms with Crippen LogP contribution in [0.4, 0.5) is 0 Å². The van der Waals surface area contributed by atoms with Crippen LogP contribution in [0, 0.1) is 6.92 Å². The average Bonchev–Trinajstić information content (AvgIpc) is 3.50. The Balaban J connectivity index is 1.49. The number of aryl methyl sites for hydroxylation is 2. The summed E-state index contributed by atoms with van der Waals surface area (Å²) >= 11 is 3.59. The maximum atomic E-state index is 4.96. The highest BCUT2D eigenvalue weighted by molar-refractivity contribution is 9.10. The first-order valence-electron chi connectivity index (χ1n) is 11.1. The van der Waals surface area contributed by atoms with Crippen LogP contribution in [0.2, 0.25) is 0 Å². The molecule has 5 aromatic rings. The van der Waals surface area contributed by atoms with Gasteiger partial charge in [-0.3, -0.25) is 0 Å². The molecule has 0 bridgehead atoms. The molecule has 33 heavy (non-hydrogen) atoms. The fraction of sp³-hybridized carbons (Fsp3) is 0.240. The monoisotopic (exact) mass is 501 g/mol. The van der Waals surface area contributed by atoms with Gasteiger partial charge in [0.1, 0.15) is 11.3 Å². The van der Waals surface area contributed by atoms with Gasteiger partial charge in [0, 0.05) is 22.7 Å². The molecule has 1 N–H and O–H groups in total. The lowest BCUT2D eigenvalue weighted by Gasteiger charge is -2.11. The number of rotatable bonds is 7. The molecule has 0 spiro atoms. The molecule has 0 radical (unpaired) electrons. The third-order valence-corrected chi connectivity index (χ3v) is 6.72. The van der Waals surface area contributed by atoms with Gasteiger partial charge in [-0.05, 0) is 62.0 Å². The Morgan fingerprint density at radius 2 is 1.82 bits per heavy atom. The predicted octanol–water partition coefficient (Wildman–Crippen LogP) is 5.74. The Hall–Kier alpha value is -3.39. The second-order valence-electron chi connectivity index (χ2n) is 8.11. The van der Waals surface area contributed by atoms with E-state index >= 15 is 0 Å². The average molecular weight is 502 g/mol. The van der Waals surface area contributed by atoms with Crippen LogP contribution in [-0.4, -0.2) is 35.2 Å². The standard InChI is InChI=1S/C25H24BrN7/c1-3-4-9-22-28-23-16(2)21(26)14-27-25(23)33(22)15-17-10-12-18(13-11-17)19-7-5-6-8-20(19)24-29-31-32-30-24/h5-8,10-14H,3-4,9,15H2,1-2H3,(H,29,30,31,32). The van der Waals surface area contributed by atoms with Gasteiger partial charge >= 0.3 is 0 Å². The molecule has 0 unspecified atom stereocenters. The van der Waals surface area contributed by atoms with Gasteiger partial charge in [0.2, 0.25) is 0 Å². The molecule has 0 aliphatic carbocycles. The smallest absolute Gasteiger partial charge is 0.180 e. The summed E-state index contributed by atoms with van der Waals surface area (Å²) in [5.41, 5.74) is 7.42. The van der Waals surface area contributed by atoms with Gasteiger partial charge < -0.3 is 4.57 Å². The summed E-state index contributed by atoms with van der Waals surface area (Å²) in [4.78, 5) is 9.66. The zero-order chi connectivity index (χ0) is 22.8. The van der Waals surface area contributed by atoms with E-state index in [1.54, 1.807) is 0 Å². The minimum absolute atomic E-state index is 0.660. The van der Waals surface area contributed by atoms with E-state index in [4.69, 9.17) is 9.97 Å². The van der Waals surface area contributed by atoms with Crippen molar-refractivity contribution >= 4 is 27.1 Å². The number of fused-ring (bicyclic) bond motifs is 1. The third-order valence-electron chi connectivity index (χ3n) is 5.92. The van der Waals surface area contributed by atoms with E-state index in [0.29, 0.717) is 5.82 Å². The van der Waals surface area contributed by atoms with E-state index in [2.05, 4.69) is 85.3 Å². The van der Waals surface area contributed by atoms with Crippen LogP contribution in [0.1, 0.15) is 36.7 Å². The molecule has 0 fully saturated rings. The van der Waals surface area contributed by atoms with Crippen LogP contribution >= 0.6 is 15.9 Å². The number of halogens is 1. The number of aromatic amines is 1. The number of imidazole rings is 1. The number of H-pyrrole nitrogens is 1. The molecule has 0 aliphatic rings. The van der Waals surface area contributed by atoms with Gasteiger partial charge in [-0.25, -0.2) is 15.1 Å². The number of benzene rings is 2. The summed E-state index contributed by atoms with van der Waals surface area (Å²) < 4.78 is 3.25. The summed E-state index contributed by atoms with van der Waals surface area (Å²) in [7, 11) is 0. The zero-order valence-corrected chi connectivity index (χ0v) is 20.2. The number of pyridine rings is 1. The normalized spacial score (nSPS) is 11.4. The van der Waals surface area contributed by atoms with Crippen molar-refractivity contribution in [1.82, 2.24) is 35.2 Å². The van der Waals surface area contributed by atoms with Gasteiger partial charge in [-0.15, -0.1) is 5.10 Å². The lowest BCUT2D eigenvalue weighted by Crippen LogP contribution is -2.06. The summed E-state index contributed by atoms with van der Waals surface area (Å²) in [6.07, 6.45) is 5.06. The maximum Gasteiger partial charge on any atom is 0.180 e. The SMILES string of the molecule is CCCCc1nc2c(C)c(Br)cnc2n1Cc1ccc(-c2ccccc2-c2nnn[nH]2)cc1. The molecule has 3 heterocycles. The summed E-state index contributed by atoms with van der Waals surface area (Å²) in [6.45, 7) is 5.03. The maximum absolute atomic E-state index is 4.96. The third kappa shape index (κ3) is 4.18. The van der Waals surface area contributed by atoms with Crippen LogP contribution in [0.3, 0.4) is 0 Å². The van der Waals surface area contributed by atoms with Crippen LogP contribution < -0.4 is 0 Å². The number of hydrogen-bond donors (Lipinski definition) is 1. The summed E-state index contributed by atoms with van der Waals surface area (Å²) in [5, 5.41) is 14.4. The molecule has 0 amide bonds. The van der Waals surface area contributed by atoms with Crippen molar-refractivity contribution in [3.05, 3.63) is 76.2 Å². The molecular formula is C25H24BrN7. The largest absolute Gasteiger partial charge is 0.308 e. The second kappa shape index (κ2) is 9.23. The van der Waals surface area contributed by atoms with Crippen molar-refractivity contribution in [3.8, 4) is 22.5 Å². The lowest BCUT2D eigenvalue weighted by atomic mass is 9.98. The van der Waals surface area contributed by atoms with E-state index in [9.17, 15) is 0 Å². The van der Waals surface area contributed by atoms with Crippen molar-refractivity contribution in [3.63, 3.8) is 0 Å². The molecule has 8 heteroatoms. The Morgan fingerprint density at radius 1 is 1.03 bits per heavy atom. The molecule has 2 aromatic carbocycles. The van der Waals surface area contributed by atoms with Crippen molar-refractivity contribution in [2.24, 2.45) is 0 Å². The molecule has 7 nitrogen and oxygen atoms in total. The Labute approximate surface area is 200 Å². The highest BCUT2D eigenvalue weighted by atomic mass is 79.9. The molecule has 3 aromatic heterocycles. The Kier molecular flexibility index (Phi) is 6.00. The molecular weight excluding hydrogens is 478 g/mol. The van der Waals surface area contributed by atoms with Crippen LogP contribution in [-0.2, 0) is 13.0 Å². The van der Waals surface area contributed by atoms with Crippen molar-refractivity contribution in [2.75, 3.05) is 0 Å². The van der Waals surface area contributed by atoms with E-state index in [-0.39, 0.29) is 0 Å². The first-order valence-corrected chi connectivity index (χ1v) is 11.9. The first-order chi connectivity index (χ1) is 16.2. The highest BCUT2D eigenvalue weighted by Gasteiger charge is 2.16. The highest BCUT2D eigenvalue weighted by Crippen LogP contribution is 2.30. The number of nitrogens with one attached hydrogen (secondary N) is 1. The van der Waals surface area contributed by atoms with Crippen molar-refractivity contribution in [1.29, 1.82) is 0 Å². The molecule has 5 rings (SSSR count). The zero-order valence-electron chi connectivity index (χ0n) is 18.6. The number of hydrogen-bond acceptors (Lipinski definition) is 5. The van der Waals surface area contributed by atoms with Gasteiger partial charge in [0.05, 0.1) is 6.54 Å². The van der Waals surface area contributed by atoms with E-state index < -0.39 is 0 Å². The van der Waals surface area contributed by atoms with E-state index in [1.807, 2.05) is 24.4 Å². The van der Waals surface area contributed by atoms with Gasteiger partial charge in [-0.1, -0.05) is 61.9 Å². The number of tetrazole rings is 1. The van der Waals surface area contributed by atoms with Gasteiger partial charge in [0.25, 0.3) is 0 Å². The molecule has 0 atom stereocenters. The number of aromatic nitrogens is 7.